The highest BCUT2D eigenvalue weighted by molar-refractivity contribution is 6.00. The number of hydrogen-bond donors (Lipinski definition) is 0. The van der Waals surface area contributed by atoms with Crippen molar-refractivity contribution < 1.29 is 45.4 Å². The Bertz CT molecular complexity index is 853. The van der Waals surface area contributed by atoms with Crippen LogP contribution in [-0.4, -0.2) is 37.5 Å². The molecule has 1 rings (SSSR count). The zero-order valence-corrected chi connectivity index (χ0v) is 18.1. The van der Waals surface area contributed by atoms with Crippen LogP contribution in [0.25, 0.3) is 6.08 Å². The van der Waals surface area contributed by atoms with Gasteiger partial charge in [-0.15, -0.1) is 0 Å². The summed E-state index contributed by atoms with van der Waals surface area (Å²) in [5.74, 6) is -3.25. The second-order valence-corrected chi connectivity index (χ2v) is 7.07. The highest BCUT2D eigenvalue weighted by atomic mass is 19.4. The van der Waals surface area contributed by atoms with Crippen LogP contribution in [0.3, 0.4) is 0 Å². The van der Waals surface area contributed by atoms with E-state index in [0.29, 0.717) is 0 Å². The number of carbonyl (C=O) groups excluding carboxylic acids is 2. The van der Waals surface area contributed by atoms with Gasteiger partial charge in [0.25, 0.3) is 0 Å². The number of esters is 2. The first-order valence-electron chi connectivity index (χ1n) is 10.0. The Balaban J connectivity index is 3.20. The monoisotopic (exact) mass is 490 g/mol. The highest BCUT2D eigenvalue weighted by Gasteiger charge is 2.49. The first kappa shape index (κ1) is 28.7. The maximum atomic E-state index is 12.6. The molecule has 1 aromatic rings. The average Bonchev–Trinajstić information content (AvgIpc) is 2.76. The van der Waals surface area contributed by atoms with Crippen LogP contribution in [-0.2, 0) is 19.1 Å². The molecule has 0 unspecified atom stereocenters. The minimum atomic E-state index is -4.89. The molecule has 0 bridgehead atoms. The Morgan fingerprint density at radius 1 is 0.824 bits per heavy atom. The Kier molecular flexibility index (Phi) is 11.3. The summed E-state index contributed by atoms with van der Waals surface area (Å²) in [6.07, 6.45) is -0.631. The van der Waals surface area contributed by atoms with Gasteiger partial charge < -0.3 is 9.47 Å². The normalized spacial score (nSPS) is 13.0. The number of halogens is 6. The van der Waals surface area contributed by atoms with Crippen LogP contribution >= 0.6 is 0 Å². The van der Waals surface area contributed by atoms with Crippen molar-refractivity contribution in [1.29, 1.82) is 0 Å². The molecular formula is C24H24F6O4. The summed E-state index contributed by atoms with van der Waals surface area (Å²) in [6.45, 7) is -0.565. The van der Waals surface area contributed by atoms with Gasteiger partial charge in [-0.25, -0.2) is 0 Å². The fourth-order valence-corrected chi connectivity index (χ4v) is 2.73. The van der Waals surface area contributed by atoms with Crippen molar-refractivity contribution >= 4 is 18.0 Å². The van der Waals surface area contributed by atoms with E-state index in [9.17, 15) is 35.9 Å². The van der Waals surface area contributed by atoms with E-state index in [2.05, 4.69) is 16.1 Å². The van der Waals surface area contributed by atoms with Gasteiger partial charge in [-0.2, -0.15) is 26.3 Å². The Morgan fingerprint density at radius 2 is 1.38 bits per heavy atom. The van der Waals surface area contributed by atoms with Gasteiger partial charge in [-0.05, 0) is 24.8 Å². The summed E-state index contributed by atoms with van der Waals surface area (Å²) in [5, 5.41) is 0. The number of allylic oxidation sites excluding steroid dienone is 6. The zero-order valence-electron chi connectivity index (χ0n) is 18.1. The van der Waals surface area contributed by atoms with Crippen LogP contribution in [0.2, 0.25) is 0 Å². The molecule has 0 radical (unpaired) electrons. The third kappa shape index (κ3) is 11.0. The predicted molar refractivity (Wildman–Crippen MR) is 114 cm³/mol. The standard InChI is InChI=1S/C24H24F6O4/c1-2-3-4-10-15-22(20(31)33-17-23(25,26)27,21(32)34-18-24(28,29)30)16-11-6-9-14-19-12-7-5-8-13-19/h2-9,11-14H,1,10,15-18H2/b4-3+,11-6+,14-9+. The van der Waals surface area contributed by atoms with Gasteiger partial charge in [0.05, 0.1) is 0 Å². The van der Waals surface area contributed by atoms with Crippen LogP contribution in [0.15, 0.2) is 73.4 Å². The van der Waals surface area contributed by atoms with Crippen molar-refractivity contribution in [2.24, 2.45) is 5.41 Å². The zero-order chi connectivity index (χ0) is 25.7. The van der Waals surface area contributed by atoms with Gasteiger partial charge in [0, 0.05) is 0 Å². The lowest BCUT2D eigenvalue weighted by Crippen LogP contribution is -2.44. The third-order valence-electron chi connectivity index (χ3n) is 4.33. The minimum Gasteiger partial charge on any atom is -0.455 e. The molecule has 0 saturated heterocycles. The van der Waals surface area contributed by atoms with E-state index in [1.165, 1.54) is 30.4 Å². The van der Waals surface area contributed by atoms with Crippen molar-refractivity contribution in [2.75, 3.05) is 13.2 Å². The van der Waals surface area contributed by atoms with Crippen molar-refractivity contribution in [3.63, 3.8) is 0 Å². The van der Waals surface area contributed by atoms with E-state index in [4.69, 9.17) is 0 Å². The lowest BCUT2D eigenvalue weighted by atomic mass is 9.79. The van der Waals surface area contributed by atoms with Crippen LogP contribution < -0.4 is 0 Å². The first-order chi connectivity index (χ1) is 15.9. The van der Waals surface area contributed by atoms with Gasteiger partial charge in [-0.1, -0.05) is 79.4 Å². The van der Waals surface area contributed by atoms with E-state index in [0.717, 1.165) is 5.56 Å². The molecule has 0 amide bonds. The quantitative estimate of drug-likeness (QED) is 0.148. The number of hydrogen-bond acceptors (Lipinski definition) is 4. The number of ether oxygens (including phenoxy) is 2. The summed E-state index contributed by atoms with van der Waals surface area (Å²) in [5.41, 5.74) is -1.60. The third-order valence-corrected chi connectivity index (χ3v) is 4.33. The van der Waals surface area contributed by atoms with Gasteiger partial charge >= 0.3 is 24.3 Å². The summed E-state index contributed by atoms with van der Waals surface area (Å²) in [7, 11) is 0. The lowest BCUT2D eigenvalue weighted by Gasteiger charge is -2.28. The lowest BCUT2D eigenvalue weighted by molar-refractivity contribution is -0.206. The Hall–Kier alpha value is -3.30. The summed E-state index contributed by atoms with van der Waals surface area (Å²) < 4.78 is 84.1. The van der Waals surface area contributed by atoms with Crippen LogP contribution in [0, 0.1) is 5.41 Å². The molecule has 1 aromatic carbocycles. The molecule has 0 aliphatic heterocycles. The molecule has 0 atom stereocenters. The molecule has 10 heteroatoms. The van der Waals surface area contributed by atoms with Gasteiger partial charge in [0.15, 0.2) is 18.6 Å². The van der Waals surface area contributed by atoms with Gasteiger partial charge in [-0.3, -0.25) is 9.59 Å². The second-order valence-electron chi connectivity index (χ2n) is 7.07. The molecule has 0 saturated carbocycles. The average molecular weight is 490 g/mol. The molecular weight excluding hydrogens is 466 g/mol. The summed E-state index contributed by atoms with van der Waals surface area (Å²) in [4.78, 5) is 25.3. The maximum absolute atomic E-state index is 12.6. The molecule has 0 N–H and O–H groups in total. The molecule has 0 aliphatic carbocycles. The fraction of sp³-hybridized carbons (Fsp3) is 0.333. The molecule has 0 spiro atoms. The van der Waals surface area contributed by atoms with E-state index in [-0.39, 0.29) is 6.42 Å². The number of benzene rings is 1. The highest BCUT2D eigenvalue weighted by Crippen LogP contribution is 2.34. The van der Waals surface area contributed by atoms with E-state index < -0.39 is 55.8 Å². The van der Waals surface area contributed by atoms with Crippen LogP contribution in [0.4, 0.5) is 26.3 Å². The summed E-state index contributed by atoms with van der Waals surface area (Å²) >= 11 is 0. The smallest absolute Gasteiger partial charge is 0.422 e. The minimum absolute atomic E-state index is 0.0397. The van der Waals surface area contributed by atoms with E-state index in [1.807, 2.05) is 6.07 Å². The molecule has 4 nitrogen and oxygen atoms in total. The van der Waals surface area contributed by atoms with E-state index in [1.54, 1.807) is 36.4 Å². The number of alkyl halides is 6. The van der Waals surface area contributed by atoms with Gasteiger partial charge in [0.2, 0.25) is 0 Å². The van der Waals surface area contributed by atoms with Crippen molar-refractivity contribution in [1.82, 2.24) is 0 Å². The topological polar surface area (TPSA) is 52.6 Å². The molecule has 0 heterocycles. The number of rotatable bonds is 12. The SMILES string of the molecule is C=C/C=C/CCC(C/C=C/C=C/c1ccccc1)(C(=O)OCC(F)(F)F)C(=O)OCC(F)(F)F. The molecule has 0 fully saturated rings. The Labute approximate surface area is 193 Å². The van der Waals surface area contributed by atoms with Crippen LogP contribution in [0.1, 0.15) is 24.8 Å². The molecule has 186 valence electrons. The molecule has 34 heavy (non-hydrogen) atoms. The maximum Gasteiger partial charge on any atom is 0.422 e. The molecule has 0 aromatic heterocycles. The van der Waals surface area contributed by atoms with Crippen molar-refractivity contribution in [3.05, 3.63) is 78.9 Å². The molecule has 0 aliphatic rings. The van der Waals surface area contributed by atoms with Crippen molar-refractivity contribution in [3.8, 4) is 0 Å². The second kappa shape index (κ2) is 13.4. The fourth-order valence-electron chi connectivity index (χ4n) is 2.73. The largest absolute Gasteiger partial charge is 0.455 e. The van der Waals surface area contributed by atoms with E-state index >= 15 is 0 Å². The van der Waals surface area contributed by atoms with Crippen molar-refractivity contribution in [2.45, 2.75) is 31.6 Å². The van der Waals surface area contributed by atoms with Crippen LogP contribution in [0.5, 0.6) is 0 Å². The number of carbonyl (C=O) groups is 2. The first-order valence-corrected chi connectivity index (χ1v) is 10.0. The Morgan fingerprint density at radius 3 is 1.88 bits per heavy atom. The predicted octanol–water partition coefficient (Wildman–Crippen LogP) is 6.37. The van der Waals surface area contributed by atoms with Gasteiger partial charge in [0.1, 0.15) is 0 Å². The summed E-state index contributed by atoms with van der Waals surface area (Å²) in [6, 6.07) is 8.98.